The van der Waals surface area contributed by atoms with Gasteiger partial charge in [0.25, 0.3) is 7.41 Å². The first-order chi connectivity index (χ1) is 7.44. The smallest absolute Gasteiger partial charge is 0.294 e. The van der Waals surface area contributed by atoms with Crippen molar-refractivity contribution < 1.29 is 14.3 Å². The molecular weight excluding hydrogens is 208 g/mol. The second-order valence-electron chi connectivity index (χ2n) is 5.54. The average molecular weight is 226 g/mol. The second kappa shape index (κ2) is 3.81. The number of piperidine rings is 2. The summed E-state index contributed by atoms with van der Waals surface area (Å²) in [5.74, 6) is 0. The first kappa shape index (κ1) is 12.1. The molecule has 0 aromatic rings. The van der Waals surface area contributed by atoms with E-state index in [0.29, 0.717) is 19.0 Å². The van der Waals surface area contributed by atoms with Crippen molar-refractivity contribution in [1.29, 1.82) is 0 Å². The Morgan fingerprint density at radius 1 is 1.50 bits per heavy atom. The van der Waals surface area contributed by atoms with Crippen LogP contribution in [0.25, 0.3) is 0 Å². The molecule has 3 nitrogen and oxygen atoms in total. The van der Waals surface area contributed by atoms with E-state index in [9.17, 15) is 14.3 Å². The van der Waals surface area contributed by atoms with Crippen LogP contribution in [-0.4, -0.2) is 46.9 Å². The zero-order valence-electron chi connectivity index (χ0n) is 9.82. The summed E-state index contributed by atoms with van der Waals surface area (Å²) in [4.78, 5) is 12.5. The van der Waals surface area contributed by atoms with E-state index in [1.807, 2.05) is 11.7 Å². The molecule has 0 unspecified atom stereocenters. The van der Waals surface area contributed by atoms with Gasteiger partial charge in [0.1, 0.15) is 6.17 Å². The minimum atomic E-state index is -1.28. The maximum Gasteiger partial charge on any atom is 0.294 e. The van der Waals surface area contributed by atoms with Crippen molar-refractivity contribution in [1.82, 2.24) is 4.81 Å². The van der Waals surface area contributed by atoms with Crippen LogP contribution in [0, 0.1) is 0 Å². The van der Waals surface area contributed by atoms with E-state index in [4.69, 9.17) is 0 Å². The Morgan fingerprint density at radius 3 is 2.81 bits per heavy atom. The second-order valence-corrected chi connectivity index (χ2v) is 5.54. The molecule has 0 saturated carbocycles. The van der Waals surface area contributed by atoms with Gasteiger partial charge in [0.15, 0.2) is 0 Å². The van der Waals surface area contributed by atoms with Crippen molar-refractivity contribution in [3.05, 3.63) is 0 Å². The van der Waals surface area contributed by atoms with Crippen LogP contribution in [0.1, 0.15) is 39.5 Å². The van der Waals surface area contributed by atoms with Gasteiger partial charge < -0.3 is 14.7 Å². The highest BCUT2D eigenvalue weighted by atomic mass is 19.1. The summed E-state index contributed by atoms with van der Waals surface area (Å²) >= 11 is 0. The monoisotopic (exact) mass is 226 g/mol. The Morgan fingerprint density at radius 2 is 2.19 bits per heavy atom. The molecule has 2 heterocycles. The van der Waals surface area contributed by atoms with Gasteiger partial charge in [-0.05, 0) is 39.5 Å². The predicted molar refractivity (Wildman–Crippen MR) is 60.5 cm³/mol. The summed E-state index contributed by atoms with van der Waals surface area (Å²) in [5, 5.41) is 9.80. The fourth-order valence-electron chi connectivity index (χ4n) is 3.54. The summed E-state index contributed by atoms with van der Waals surface area (Å²) in [7, 11) is 1.44. The summed E-state index contributed by atoms with van der Waals surface area (Å²) in [6.07, 6.45) is 1.45. The van der Waals surface area contributed by atoms with Crippen molar-refractivity contribution in [3.63, 3.8) is 0 Å². The number of nitrogens with zero attached hydrogens (tertiary/aromatic N) is 1. The third-order valence-electron chi connectivity index (χ3n) is 4.32. The van der Waals surface area contributed by atoms with Crippen LogP contribution in [-0.2, 0) is 4.79 Å². The molecule has 2 rings (SSSR count). The first-order valence-electron chi connectivity index (χ1n) is 5.84. The Labute approximate surface area is 96.3 Å². The molecule has 0 spiro atoms. The van der Waals surface area contributed by atoms with Crippen molar-refractivity contribution in [2.45, 2.75) is 62.9 Å². The number of hydrogen-bond acceptors (Lipinski definition) is 3. The molecule has 1 radical (unpaired) electrons. The molecule has 2 bridgehead atoms. The van der Waals surface area contributed by atoms with E-state index in [1.54, 1.807) is 6.92 Å². The zero-order valence-corrected chi connectivity index (χ0v) is 9.82. The van der Waals surface area contributed by atoms with Gasteiger partial charge >= 0.3 is 0 Å². The van der Waals surface area contributed by atoms with E-state index in [2.05, 4.69) is 0 Å². The average Bonchev–Trinajstić information content (AvgIpc) is 2.21. The van der Waals surface area contributed by atoms with Crippen LogP contribution >= 0.6 is 0 Å². The number of aliphatic hydroxyl groups excluding tert-OH is 1. The van der Waals surface area contributed by atoms with Crippen LogP contribution in [0.15, 0.2) is 0 Å². The molecule has 1 N–H and O–H groups in total. The summed E-state index contributed by atoms with van der Waals surface area (Å²) in [5.41, 5.74) is -1.01. The topological polar surface area (TPSA) is 40.5 Å². The van der Waals surface area contributed by atoms with E-state index in [0.717, 1.165) is 12.8 Å². The molecule has 2 aliphatic heterocycles. The van der Waals surface area contributed by atoms with Crippen molar-refractivity contribution >= 4 is 13.6 Å². The third kappa shape index (κ3) is 1.52. The number of aliphatic hydroxyl groups is 1. The van der Waals surface area contributed by atoms with Gasteiger partial charge in [-0.1, -0.05) is 0 Å². The number of carbonyl (C=O) groups excluding carboxylic acids is 1. The van der Waals surface area contributed by atoms with Crippen molar-refractivity contribution in [3.8, 4) is 0 Å². The molecule has 2 fully saturated rings. The molecule has 16 heavy (non-hydrogen) atoms. The highest BCUT2D eigenvalue weighted by Gasteiger charge is 2.57. The van der Waals surface area contributed by atoms with Gasteiger partial charge in [-0.25, -0.2) is 4.39 Å². The first-order valence-corrected chi connectivity index (χ1v) is 5.84. The maximum absolute atomic E-state index is 14.1. The molecule has 4 atom stereocenters. The minimum Gasteiger partial charge on any atom is -0.390 e. The molecule has 0 amide bonds. The lowest BCUT2D eigenvalue weighted by atomic mass is 9.62. The molecule has 0 aliphatic carbocycles. The van der Waals surface area contributed by atoms with Crippen LogP contribution in [0.5, 0.6) is 0 Å². The fraction of sp³-hybridized carbons (Fsp3) is 0.909. The van der Waals surface area contributed by atoms with Gasteiger partial charge in [0.2, 0.25) is 0 Å². The van der Waals surface area contributed by atoms with Crippen LogP contribution in [0.2, 0.25) is 0 Å². The van der Waals surface area contributed by atoms with E-state index >= 15 is 0 Å². The quantitative estimate of drug-likeness (QED) is 0.561. The van der Waals surface area contributed by atoms with Crippen molar-refractivity contribution in [2.75, 3.05) is 0 Å². The summed E-state index contributed by atoms with van der Waals surface area (Å²) in [6, 6.07) is 0. The summed E-state index contributed by atoms with van der Waals surface area (Å²) in [6.45, 7) is 3.80. The van der Waals surface area contributed by atoms with Crippen LogP contribution in [0.3, 0.4) is 0 Å². The molecule has 2 aliphatic rings. The number of rotatable bonds is 2. The van der Waals surface area contributed by atoms with Gasteiger partial charge in [-0.2, -0.15) is 0 Å². The van der Waals surface area contributed by atoms with Gasteiger partial charge in [0.05, 0.1) is 12.3 Å². The summed E-state index contributed by atoms with van der Waals surface area (Å²) < 4.78 is 14.1. The Hall–Kier alpha value is -0.415. The van der Waals surface area contributed by atoms with Gasteiger partial charge in [-0.3, -0.25) is 0 Å². The number of alkyl halides is 1. The minimum absolute atomic E-state index is 0.282. The van der Waals surface area contributed by atoms with Crippen LogP contribution < -0.4 is 0 Å². The molecular formula is C11H18BFNO2. The normalized spacial score (nSPS) is 48.8. The highest BCUT2D eigenvalue weighted by Crippen LogP contribution is 2.48. The van der Waals surface area contributed by atoms with E-state index < -0.39 is 17.8 Å². The maximum atomic E-state index is 14.1. The molecule has 0 aromatic heterocycles. The molecule has 5 heteroatoms. The molecule has 0 aromatic carbocycles. The largest absolute Gasteiger partial charge is 0.390 e. The van der Waals surface area contributed by atoms with Gasteiger partial charge in [0, 0.05) is 11.1 Å². The van der Waals surface area contributed by atoms with Crippen LogP contribution in [0.4, 0.5) is 4.39 Å². The van der Waals surface area contributed by atoms with Gasteiger partial charge in [-0.15, -0.1) is 0 Å². The SMILES string of the molecule is C[C@]12CCC[C@](C)([C@@H](F)[C@@H](O)C1)N2[B]C=O. The lowest BCUT2D eigenvalue weighted by Crippen LogP contribution is -2.73. The lowest BCUT2D eigenvalue weighted by Gasteiger charge is -2.61. The molecule has 89 valence electrons. The zero-order chi connectivity index (χ0) is 12.0. The Bertz CT molecular complexity index is 304. The number of halogens is 1. The molecule has 2 saturated heterocycles. The number of fused-ring (bicyclic) bond motifs is 2. The third-order valence-corrected chi connectivity index (χ3v) is 4.32. The Balaban J connectivity index is 2.37. The predicted octanol–water partition coefficient (Wildman–Crippen LogP) is 0.902. The lowest BCUT2D eigenvalue weighted by molar-refractivity contribution is -0.130. The standard InChI is InChI=1S/C11H18BFNO2/c1-10-4-3-5-11(2,14(10)12-7-15)9(13)8(16)6-10/h7-9,16H,3-6H2,1-2H3/t8-,9-,10-,11+/m0/s1. The fourth-order valence-corrected chi connectivity index (χ4v) is 3.54. The number of hydrogen-bond donors (Lipinski definition) is 1. The highest BCUT2D eigenvalue weighted by molar-refractivity contribution is 6.64. The van der Waals surface area contributed by atoms with Crippen molar-refractivity contribution in [2.24, 2.45) is 0 Å². The Kier molecular flexibility index (Phi) is 2.87. The van der Waals surface area contributed by atoms with E-state index in [-0.39, 0.29) is 5.54 Å². The van der Waals surface area contributed by atoms with E-state index in [1.165, 1.54) is 7.41 Å². The number of carbonyl (C=O) groups is 1.